The number of methoxy groups -OCH3 is 1. The number of esters is 1. The number of para-hydroxylation sites is 1. The quantitative estimate of drug-likeness (QED) is 0.711. The molecule has 0 aliphatic carbocycles. The van der Waals surface area contributed by atoms with E-state index in [0.29, 0.717) is 5.69 Å². The van der Waals surface area contributed by atoms with Gasteiger partial charge in [0.15, 0.2) is 0 Å². The first-order valence-electron chi connectivity index (χ1n) is 6.90. The molecule has 0 saturated carbocycles. The molecule has 0 atom stereocenters. The van der Waals surface area contributed by atoms with Crippen LogP contribution in [0.3, 0.4) is 0 Å². The summed E-state index contributed by atoms with van der Waals surface area (Å²) in [6, 6.07) is 9.00. The Kier molecular flexibility index (Phi) is 4.04. The monoisotopic (exact) mass is 375 g/mol. The lowest BCUT2D eigenvalue weighted by Crippen LogP contribution is -2.12. The van der Waals surface area contributed by atoms with Gasteiger partial charge in [0.2, 0.25) is 5.88 Å². The smallest absolute Gasteiger partial charge is 0.325 e. The molecule has 23 heavy (non-hydrogen) atoms. The maximum Gasteiger partial charge on any atom is 0.325 e. The molecular formula is C16H14BrN3O3. The third-order valence-corrected chi connectivity index (χ3v) is 4.35. The van der Waals surface area contributed by atoms with E-state index in [0.717, 1.165) is 26.6 Å². The summed E-state index contributed by atoms with van der Waals surface area (Å²) in [7, 11) is 1.37. The molecule has 0 radical (unpaired) electrons. The van der Waals surface area contributed by atoms with E-state index in [2.05, 4.69) is 26.1 Å². The van der Waals surface area contributed by atoms with E-state index >= 15 is 0 Å². The number of ether oxygens (including phenoxy) is 1. The van der Waals surface area contributed by atoms with Gasteiger partial charge < -0.3 is 14.4 Å². The first kappa shape index (κ1) is 15.5. The van der Waals surface area contributed by atoms with Crippen molar-refractivity contribution in [1.82, 2.24) is 14.8 Å². The normalized spacial score (nSPS) is 10.9. The molecule has 1 aromatic carbocycles. The molecule has 0 unspecified atom stereocenters. The van der Waals surface area contributed by atoms with Crippen LogP contribution in [-0.2, 0) is 16.1 Å². The third-order valence-electron chi connectivity index (χ3n) is 3.71. The highest BCUT2D eigenvalue weighted by atomic mass is 79.9. The van der Waals surface area contributed by atoms with Crippen molar-refractivity contribution in [2.75, 3.05) is 7.11 Å². The fraction of sp³-hybridized carbons (Fsp3) is 0.188. The van der Waals surface area contributed by atoms with Crippen LogP contribution in [0.1, 0.15) is 5.69 Å². The van der Waals surface area contributed by atoms with E-state index in [4.69, 9.17) is 4.74 Å². The zero-order valence-electron chi connectivity index (χ0n) is 12.6. The van der Waals surface area contributed by atoms with Crippen LogP contribution in [-0.4, -0.2) is 33.0 Å². The number of hydrogen-bond donors (Lipinski definition) is 1. The van der Waals surface area contributed by atoms with E-state index in [1.807, 2.05) is 29.7 Å². The molecule has 0 saturated heterocycles. The van der Waals surface area contributed by atoms with Crippen LogP contribution in [0.25, 0.3) is 22.2 Å². The van der Waals surface area contributed by atoms with Gasteiger partial charge in [0.1, 0.15) is 6.54 Å². The predicted octanol–water partition coefficient (Wildman–Crippen LogP) is 3.05. The maximum absolute atomic E-state index is 11.8. The molecule has 118 valence electrons. The summed E-state index contributed by atoms with van der Waals surface area (Å²) >= 11 is 3.54. The minimum Gasteiger partial charge on any atom is -0.492 e. The molecule has 0 bridgehead atoms. The molecule has 0 aliphatic heterocycles. The standard InChI is InChI=1S/C16H14BrN3O3/c1-9-15(12-6-7-13(21)19-18-12)10-4-3-5-11(17)16(10)20(9)8-14(22)23-2/h3-7H,8H2,1-2H3,(H,19,21). The number of halogens is 1. The molecule has 1 N–H and O–H groups in total. The van der Waals surface area contributed by atoms with Crippen molar-refractivity contribution in [3.05, 3.63) is 40.5 Å². The molecule has 0 fully saturated rings. The summed E-state index contributed by atoms with van der Waals surface area (Å²) in [5.41, 5.74) is 3.27. The fourth-order valence-electron chi connectivity index (χ4n) is 2.66. The van der Waals surface area contributed by atoms with Gasteiger partial charge in [-0.2, -0.15) is 0 Å². The summed E-state index contributed by atoms with van der Waals surface area (Å²) < 4.78 is 7.55. The second-order valence-electron chi connectivity index (χ2n) is 5.04. The van der Waals surface area contributed by atoms with Crippen LogP contribution in [0.15, 0.2) is 34.8 Å². The molecule has 2 aromatic heterocycles. The summed E-state index contributed by atoms with van der Waals surface area (Å²) in [5, 5.41) is 18.0. The summed E-state index contributed by atoms with van der Waals surface area (Å²) in [6.45, 7) is 2.02. The molecule has 0 aliphatic rings. The van der Waals surface area contributed by atoms with E-state index in [1.54, 1.807) is 6.07 Å². The van der Waals surface area contributed by atoms with Gasteiger partial charge in [-0.3, -0.25) is 4.79 Å². The summed E-state index contributed by atoms with van der Waals surface area (Å²) in [4.78, 5) is 11.8. The minimum atomic E-state index is -0.330. The zero-order valence-corrected chi connectivity index (χ0v) is 14.2. The van der Waals surface area contributed by atoms with Crippen LogP contribution in [0.5, 0.6) is 5.88 Å². The largest absolute Gasteiger partial charge is 0.492 e. The van der Waals surface area contributed by atoms with E-state index in [9.17, 15) is 9.90 Å². The number of rotatable bonds is 3. The highest BCUT2D eigenvalue weighted by Gasteiger charge is 2.20. The molecule has 3 rings (SSSR count). The number of benzene rings is 1. The highest BCUT2D eigenvalue weighted by Crippen LogP contribution is 2.37. The van der Waals surface area contributed by atoms with Gasteiger partial charge in [0.05, 0.1) is 18.3 Å². The van der Waals surface area contributed by atoms with E-state index < -0.39 is 0 Å². The van der Waals surface area contributed by atoms with Crippen LogP contribution in [0.4, 0.5) is 0 Å². The molecular weight excluding hydrogens is 362 g/mol. The first-order valence-corrected chi connectivity index (χ1v) is 7.69. The molecule has 2 heterocycles. The lowest BCUT2D eigenvalue weighted by molar-refractivity contribution is -0.141. The number of aromatic nitrogens is 3. The lowest BCUT2D eigenvalue weighted by atomic mass is 10.1. The van der Waals surface area contributed by atoms with Gasteiger partial charge in [-0.25, -0.2) is 0 Å². The van der Waals surface area contributed by atoms with Crippen molar-refractivity contribution in [2.45, 2.75) is 13.5 Å². The Hall–Kier alpha value is -2.41. The zero-order chi connectivity index (χ0) is 16.6. The second-order valence-corrected chi connectivity index (χ2v) is 5.89. The number of carbonyl (C=O) groups excluding carboxylic acids is 1. The van der Waals surface area contributed by atoms with Gasteiger partial charge in [0, 0.05) is 27.2 Å². The van der Waals surface area contributed by atoms with E-state index in [-0.39, 0.29) is 18.4 Å². The van der Waals surface area contributed by atoms with Crippen molar-refractivity contribution in [3.8, 4) is 17.1 Å². The predicted molar refractivity (Wildman–Crippen MR) is 89.1 cm³/mol. The highest BCUT2D eigenvalue weighted by molar-refractivity contribution is 9.10. The molecule has 6 nitrogen and oxygen atoms in total. The SMILES string of the molecule is COC(=O)Cn1c(C)c(-c2ccc(O)nn2)c2cccc(Br)c21. The van der Waals surface area contributed by atoms with Gasteiger partial charge in [-0.05, 0) is 35.0 Å². The van der Waals surface area contributed by atoms with Crippen LogP contribution >= 0.6 is 15.9 Å². The van der Waals surface area contributed by atoms with Crippen LogP contribution in [0.2, 0.25) is 0 Å². The average Bonchev–Trinajstić information content (AvgIpc) is 2.82. The Labute approximate surface area is 140 Å². The summed E-state index contributed by atoms with van der Waals surface area (Å²) in [5.74, 6) is -0.463. The minimum absolute atomic E-state index is 0.104. The number of fused-ring (bicyclic) bond motifs is 1. The Balaban J connectivity index is 2.30. The van der Waals surface area contributed by atoms with Gasteiger partial charge in [0.25, 0.3) is 0 Å². The first-order chi connectivity index (χ1) is 11.0. The fourth-order valence-corrected chi connectivity index (χ4v) is 3.24. The van der Waals surface area contributed by atoms with Gasteiger partial charge in [-0.15, -0.1) is 10.2 Å². The molecule has 0 amide bonds. The lowest BCUT2D eigenvalue weighted by Gasteiger charge is -2.08. The van der Waals surface area contributed by atoms with Crippen molar-refractivity contribution >= 4 is 32.8 Å². The Morgan fingerprint density at radius 3 is 2.74 bits per heavy atom. The second kappa shape index (κ2) is 6.00. The Morgan fingerprint density at radius 2 is 2.09 bits per heavy atom. The van der Waals surface area contributed by atoms with Crippen molar-refractivity contribution in [2.24, 2.45) is 0 Å². The van der Waals surface area contributed by atoms with Crippen LogP contribution < -0.4 is 0 Å². The number of hydrogen-bond acceptors (Lipinski definition) is 5. The van der Waals surface area contributed by atoms with Crippen molar-refractivity contribution in [3.63, 3.8) is 0 Å². The molecule has 7 heteroatoms. The van der Waals surface area contributed by atoms with Gasteiger partial charge in [-0.1, -0.05) is 12.1 Å². The number of carbonyl (C=O) groups is 1. The van der Waals surface area contributed by atoms with Crippen LogP contribution in [0, 0.1) is 6.92 Å². The van der Waals surface area contributed by atoms with Crippen molar-refractivity contribution in [1.29, 1.82) is 0 Å². The Bertz CT molecular complexity index is 888. The number of aromatic hydroxyl groups is 1. The third kappa shape index (κ3) is 2.68. The topological polar surface area (TPSA) is 77.2 Å². The van der Waals surface area contributed by atoms with Gasteiger partial charge >= 0.3 is 5.97 Å². The molecule has 3 aromatic rings. The average molecular weight is 376 g/mol. The summed E-state index contributed by atoms with van der Waals surface area (Å²) in [6.07, 6.45) is 0. The molecule has 0 spiro atoms. The van der Waals surface area contributed by atoms with E-state index in [1.165, 1.54) is 13.2 Å². The maximum atomic E-state index is 11.8. The Morgan fingerprint density at radius 1 is 1.30 bits per heavy atom. The van der Waals surface area contributed by atoms with Crippen molar-refractivity contribution < 1.29 is 14.6 Å². The number of nitrogens with zero attached hydrogens (tertiary/aromatic N) is 3.